The third kappa shape index (κ3) is 1.78. The van der Waals surface area contributed by atoms with Gasteiger partial charge >= 0.3 is 0 Å². The first kappa shape index (κ1) is 14.1. The second-order valence-electron chi connectivity index (χ2n) is 7.26. The van der Waals surface area contributed by atoms with E-state index in [1.807, 2.05) is 6.07 Å². The zero-order valence-electron chi connectivity index (χ0n) is 12.3. The number of Topliss-reactive ketones (excluding diaryl/α,β-unsaturated/α-hetero) is 1. The molecule has 0 aliphatic heterocycles. The van der Waals surface area contributed by atoms with Crippen LogP contribution in [0.1, 0.15) is 62.4 Å². The Balaban J connectivity index is 2.24. The Morgan fingerprint density at radius 1 is 1.25 bits per heavy atom. The molecule has 2 aliphatic rings. The number of benzene rings is 1. The fourth-order valence-corrected chi connectivity index (χ4v) is 5.11. The van der Waals surface area contributed by atoms with Gasteiger partial charge in [0.05, 0.1) is 4.47 Å². The number of aromatic hydroxyl groups is 1. The Hall–Kier alpha value is -0.830. The van der Waals surface area contributed by atoms with Crippen molar-refractivity contribution in [3.63, 3.8) is 0 Å². The van der Waals surface area contributed by atoms with Crippen molar-refractivity contribution in [2.75, 3.05) is 0 Å². The summed E-state index contributed by atoms with van der Waals surface area (Å²) >= 11 is 3.40. The lowest BCUT2D eigenvalue weighted by Gasteiger charge is -2.53. The quantitative estimate of drug-likeness (QED) is 0.737. The molecule has 0 unspecified atom stereocenters. The van der Waals surface area contributed by atoms with Gasteiger partial charge in [0.2, 0.25) is 0 Å². The number of phenols is 1. The highest BCUT2D eigenvalue weighted by Gasteiger charge is 2.52. The van der Waals surface area contributed by atoms with Crippen LogP contribution >= 0.6 is 15.9 Å². The number of carbonyl (C=O) groups is 1. The number of hydrogen-bond donors (Lipinski definition) is 1. The number of carbonyl (C=O) groups excluding carboxylic acids is 1. The molecule has 2 nitrogen and oxygen atoms in total. The normalized spacial score (nSPS) is 31.6. The molecule has 20 heavy (non-hydrogen) atoms. The van der Waals surface area contributed by atoms with E-state index in [1.54, 1.807) is 6.07 Å². The van der Waals surface area contributed by atoms with Gasteiger partial charge in [0.25, 0.3) is 0 Å². The highest BCUT2D eigenvalue weighted by atomic mass is 79.9. The van der Waals surface area contributed by atoms with E-state index in [1.165, 1.54) is 12.8 Å². The average Bonchev–Trinajstić information content (AvgIpc) is 2.35. The lowest BCUT2D eigenvalue weighted by Crippen LogP contribution is -2.49. The molecule has 2 atom stereocenters. The number of fused-ring (bicyclic) bond motifs is 3. The molecule has 0 amide bonds. The largest absolute Gasteiger partial charge is 0.507 e. The molecule has 1 saturated carbocycles. The van der Waals surface area contributed by atoms with E-state index in [4.69, 9.17) is 0 Å². The van der Waals surface area contributed by atoms with Gasteiger partial charge in [0, 0.05) is 12.0 Å². The minimum absolute atomic E-state index is 0.0429. The molecule has 0 aromatic heterocycles. The fourth-order valence-electron chi connectivity index (χ4n) is 4.55. The first-order valence-corrected chi connectivity index (χ1v) is 8.12. The van der Waals surface area contributed by atoms with E-state index in [0.717, 1.165) is 12.0 Å². The molecular formula is C17H21BrO2. The van der Waals surface area contributed by atoms with Gasteiger partial charge in [-0.05, 0) is 57.1 Å². The van der Waals surface area contributed by atoms with E-state index in [9.17, 15) is 9.90 Å². The molecule has 3 rings (SSSR count). The molecule has 1 aromatic carbocycles. The molecule has 1 N–H and O–H groups in total. The van der Waals surface area contributed by atoms with Crippen molar-refractivity contribution < 1.29 is 9.90 Å². The zero-order valence-corrected chi connectivity index (χ0v) is 13.9. The van der Waals surface area contributed by atoms with Gasteiger partial charge in [-0.1, -0.05) is 33.3 Å². The molecule has 2 aliphatic carbocycles. The number of halogens is 1. The van der Waals surface area contributed by atoms with Crippen LogP contribution in [-0.4, -0.2) is 10.9 Å². The Labute approximate surface area is 128 Å². The lowest BCUT2D eigenvalue weighted by atomic mass is 9.50. The van der Waals surface area contributed by atoms with Crippen molar-refractivity contribution in [1.82, 2.24) is 0 Å². The molecule has 1 aromatic rings. The maximum atomic E-state index is 12.6. The second kappa shape index (κ2) is 4.33. The summed E-state index contributed by atoms with van der Waals surface area (Å²) in [6.45, 7) is 6.89. The van der Waals surface area contributed by atoms with Crippen LogP contribution in [0.2, 0.25) is 0 Å². The second-order valence-corrected chi connectivity index (χ2v) is 8.05. The summed E-state index contributed by atoms with van der Waals surface area (Å²) in [6.07, 6.45) is 4.11. The Morgan fingerprint density at radius 2 is 1.95 bits per heavy atom. The van der Waals surface area contributed by atoms with Crippen molar-refractivity contribution in [3.05, 3.63) is 27.7 Å². The van der Waals surface area contributed by atoms with Crippen LogP contribution < -0.4 is 0 Å². The summed E-state index contributed by atoms with van der Waals surface area (Å²) in [6, 6.07) is 3.67. The van der Waals surface area contributed by atoms with Crippen molar-refractivity contribution in [3.8, 4) is 5.75 Å². The minimum Gasteiger partial charge on any atom is -0.507 e. The molecule has 0 saturated heterocycles. The zero-order chi connectivity index (χ0) is 14.7. The van der Waals surface area contributed by atoms with Gasteiger partial charge in [-0.25, -0.2) is 0 Å². The average molecular weight is 337 g/mol. The standard InChI is InChI=1S/C17H21BrO2/c1-16(2)7-4-8-17(3)10-5-6-11(19)15(18)14(10)12(20)9-13(16)17/h5-6,13,19H,4,7-9H2,1-3H3/t13-,17+/m0/s1. The third-order valence-corrected chi connectivity index (χ3v) is 6.44. The number of hydrogen-bond acceptors (Lipinski definition) is 2. The first-order chi connectivity index (χ1) is 9.27. The van der Waals surface area contributed by atoms with E-state index >= 15 is 0 Å². The van der Waals surface area contributed by atoms with Crippen LogP contribution in [0.25, 0.3) is 0 Å². The Morgan fingerprint density at radius 3 is 2.65 bits per heavy atom. The molecule has 3 heteroatoms. The molecule has 1 fully saturated rings. The van der Waals surface area contributed by atoms with E-state index in [0.29, 0.717) is 22.4 Å². The van der Waals surface area contributed by atoms with Crippen LogP contribution in [0.15, 0.2) is 16.6 Å². The predicted molar refractivity (Wildman–Crippen MR) is 83.2 cm³/mol. The molecule has 0 spiro atoms. The van der Waals surface area contributed by atoms with E-state index < -0.39 is 0 Å². The van der Waals surface area contributed by atoms with Crippen molar-refractivity contribution >= 4 is 21.7 Å². The van der Waals surface area contributed by atoms with Crippen LogP contribution in [0.3, 0.4) is 0 Å². The predicted octanol–water partition coefficient (Wildman–Crippen LogP) is 4.83. The van der Waals surface area contributed by atoms with Gasteiger partial charge < -0.3 is 5.11 Å². The Bertz CT molecular complexity index is 591. The number of phenolic OH excluding ortho intramolecular Hbond substituents is 1. The van der Waals surface area contributed by atoms with Crippen LogP contribution in [-0.2, 0) is 5.41 Å². The van der Waals surface area contributed by atoms with Crippen molar-refractivity contribution in [2.24, 2.45) is 11.3 Å². The van der Waals surface area contributed by atoms with E-state index in [-0.39, 0.29) is 22.4 Å². The SMILES string of the molecule is CC1(C)CCC[C@]2(C)c3ccc(O)c(Br)c3C(=O)C[C@@H]12. The van der Waals surface area contributed by atoms with Gasteiger partial charge in [-0.3, -0.25) is 4.79 Å². The van der Waals surface area contributed by atoms with Gasteiger partial charge in [0.1, 0.15) is 5.75 Å². The molecule has 0 heterocycles. The van der Waals surface area contributed by atoms with E-state index in [2.05, 4.69) is 36.7 Å². The summed E-state index contributed by atoms with van der Waals surface area (Å²) in [7, 11) is 0. The summed E-state index contributed by atoms with van der Waals surface area (Å²) in [5, 5.41) is 9.88. The summed E-state index contributed by atoms with van der Waals surface area (Å²) in [4.78, 5) is 12.6. The van der Waals surface area contributed by atoms with Crippen molar-refractivity contribution in [2.45, 2.75) is 51.9 Å². The topological polar surface area (TPSA) is 37.3 Å². The lowest BCUT2D eigenvalue weighted by molar-refractivity contribution is 0.0367. The summed E-state index contributed by atoms with van der Waals surface area (Å²) in [5.41, 5.74) is 2.07. The van der Waals surface area contributed by atoms with Gasteiger partial charge in [0.15, 0.2) is 5.78 Å². The van der Waals surface area contributed by atoms with Gasteiger partial charge in [-0.2, -0.15) is 0 Å². The number of rotatable bonds is 0. The fraction of sp³-hybridized carbons (Fsp3) is 0.588. The summed E-state index contributed by atoms with van der Waals surface area (Å²) < 4.78 is 0.572. The maximum Gasteiger partial charge on any atom is 0.164 e. The molecule has 0 bridgehead atoms. The van der Waals surface area contributed by atoms with Crippen LogP contribution in [0.4, 0.5) is 0 Å². The maximum absolute atomic E-state index is 12.6. The molecular weight excluding hydrogens is 316 g/mol. The Kier molecular flexibility index (Phi) is 3.06. The minimum atomic E-state index is 0.0429. The summed E-state index contributed by atoms with van der Waals surface area (Å²) in [5.74, 6) is 0.717. The van der Waals surface area contributed by atoms with Crippen LogP contribution in [0, 0.1) is 11.3 Å². The monoisotopic (exact) mass is 336 g/mol. The third-order valence-electron chi connectivity index (χ3n) is 5.63. The van der Waals surface area contributed by atoms with Gasteiger partial charge in [-0.15, -0.1) is 0 Å². The molecule has 0 radical (unpaired) electrons. The highest BCUT2D eigenvalue weighted by Crippen LogP contribution is 2.58. The highest BCUT2D eigenvalue weighted by molar-refractivity contribution is 9.10. The molecule has 108 valence electrons. The van der Waals surface area contributed by atoms with Crippen molar-refractivity contribution in [1.29, 1.82) is 0 Å². The van der Waals surface area contributed by atoms with Crippen LogP contribution in [0.5, 0.6) is 5.75 Å². The smallest absolute Gasteiger partial charge is 0.164 e. The number of ketones is 1. The first-order valence-electron chi connectivity index (χ1n) is 7.32.